The molecule has 1 aliphatic carbocycles. The van der Waals surface area contributed by atoms with E-state index in [0.717, 1.165) is 78.5 Å². The number of benzene rings is 1. The summed E-state index contributed by atoms with van der Waals surface area (Å²) in [7, 11) is 2.17. The highest BCUT2D eigenvalue weighted by molar-refractivity contribution is 6.36. The second-order valence-electron chi connectivity index (χ2n) is 9.53. The molecule has 0 saturated carbocycles. The standard InChI is InChI=1S/C15H14ClN.C14H23N3/c1-2-10-7-8-12-14(9-10)17-13-6-4-3-5-11(13)15(12)16;1-4-5-13-10-14(15-11-13)12(2)17-8-6-16(3)7-9-17/h2,7-9H,1,3-6H2;10H,2,4-9,11H2,1,3H3. The van der Waals surface area contributed by atoms with Gasteiger partial charge in [0.2, 0.25) is 0 Å². The van der Waals surface area contributed by atoms with E-state index in [-0.39, 0.29) is 0 Å². The van der Waals surface area contributed by atoms with E-state index in [9.17, 15) is 0 Å². The fourth-order valence-electron chi connectivity index (χ4n) is 4.87. The quantitative estimate of drug-likeness (QED) is 0.504. The Bertz CT molecular complexity index is 1120. The Labute approximate surface area is 209 Å². The number of pyridine rings is 1. The number of likely N-dealkylation sites (N-methyl/N-ethyl adjacent to an activating group) is 1. The minimum atomic E-state index is 0.885. The predicted molar refractivity (Wildman–Crippen MR) is 147 cm³/mol. The number of hydrogen-bond donors (Lipinski definition) is 0. The monoisotopic (exact) mass is 476 g/mol. The highest BCUT2D eigenvalue weighted by Gasteiger charge is 2.20. The number of nitrogens with zero attached hydrogens (tertiary/aromatic N) is 4. The van der Waals surface area contributed by atoms with Crippen LogP contribution in [0, 0.1) is 0 Å². The van der Waals surface area contributed by atoms with Crippen LogP contribution in [0.4, 0.5) is 0 Å². The number of aryl methyl sites for hydroxylation is 1. The number of aliphatic imine (C=N–C) groups is 1. The van der Waals surface area contributed by atoms with E-state index in [1.807, 2.05) is 12.1 Å². The Morgan fingerprint density at radius 2 is 1.91 bits per heavy atom. The Morgan fingerprint density at radius 3 is 2.65 bits per heavy atom. The van der Waals surface area contributed by atoms with Gasteiger partial charge in [-0.05, 0) is 68.0 Å². The number of allylic oxidation sites excluding steroid dienone is 1. The second-order valence-corrected chi connectivity index (χ2v) is 9.91. The van der Waals surface area contributed by atoms with E-state index in [2.05, 4.69) is 60.1 Å². The van der Waals surface area contributed by atoms with Crippen molar-refractivity contribution >= 4 is 34.3 Å². The molecule has 5 rings (SSSR count). The number of rotatable bonds is 5. The average molecular weight is 477 g/mol. The minimum absolute atomic E-state index is 0.885. The van der Waals surface area contributed by atoms with Crippen molar-refractivity contribution < 1.29 is 0 Å². The molecule has 180 valence electrons. The van der Waals surface area contributed by atoms with Crippen LogP contribution in [-0.4, -0.2) is 60.3 Å². The van der Waals surface area contributed by atoms with Crippen molar-refractivity contribution in [2.45, 2.75) is 45.4 Å². The van der Waals surface area contributed by atoms with E-state index in [1.54, 1.807) is 0 Å². The van der Waals surface area contributed by atoms with Crippen molar-refractivity contribution in [1.29, 1.82) is 0 Å². The number of halogens is 1. The molecule has 0 spiro atoms. The van der Waals surface area contributed by atoms with Crippen molar-refractivity contribution in [3.8, 4) is 0 Å². The maximum Gasteiger partial charge on any atom is 0.0805 e. The first-order chi connectivity index (χ1) is 16.5. The Morgan fingerprint density at radius 1 is 1.15 bits per heavy atom. The van der Waals surface area contributed by atoms with Crippen LogP contribution in [0.5, 0.6) is 0 Å². The maximum absolute atomic E-state index is 6.49. The third kappa shape index (κ3) is 5.61. The zero-order valence-electron chi connectivity index (χ0n) is 20.7. The topological polar surface area (TPSA) is 31.7 Å². The fourth-order valence-corrected chi connectivity index (χ4v) is 5.23. The average Bonchev–Trinajstić information content (AvgIpc) is 3.33. The van der Waals surface area contributed by atoms with Gasteiger partial charge in [-0.2, -0.15) is 0 Å². The first-order valence-corrected chi connectivity index (χ1v) is 13.0. The molecule has 1 aromatic heterocycles. The third-order valence-corrected chi connectivity index (χ3v) is 7.43. The van der Waals surface area contributed by atoms with Crippen LogP contribution in [0.1, 0.15) is 49.4 Å². The number of hydrogen-bond acceptors (Lipinski definition) is 4. The summed E-state index contributed by atoms with van der Waals surface area (Å²) in [6.07, 6.45) is 11.0. The highest BCUT2D eigenvalue weighted by Crippen LogP contribution is 2.33. The molecule has 0 atom stereocenters. The van der Waals surface area contributed by atoms with Gasteiger partial charge in [0.1, 0.15) is 0 Å². The van der Waals surface area contributed by atoms with Gasteiger partial charge in [-0.3, -0.25) is 9.98 Å². The molecule has 1 fully saturated rings. The van der Waals surface area contributed by atoms with Crippen LogP contribution < -0.4 is 0 Å². The lowest BCUT2D eigenvalue weighted by atomic mass is 9.94. The number of aromatic nitrogens is 1. The summed E-state index contributed by atoms with van der Waals surface area (Å²) in [4.78, 5) is 14.1. The van der Waals surface area contributed by atoms with Gasteiger partial charge in [0.05, 0.1) is 28.5 Å². The van der Waals surface area contributed by atoms with E-state index < -0.39 is 0 Å². The van der Waals surface area contributed by atoms with E-state index >= 15 is 0 Å². The molecule has 3 heterocycles. The zero-order chi connectivity index (χ0) is 24.1. The number of fused-ring (bicyclic) bond motifs is 2. The Hall–Kier alpha value is -2.43. The summed E-state index contributed by atoms with van der Waals surface area (Å²) in [6, 6.07) is 6.15. The molecule has 3 aliphatic rings. The lowest BCUT2D eigenvalue weighted by Crippen LogP contribution is -2.44. The molecule has 1 aromatic carbocycles. The fraction of sp³-hybridized carbons (Fsp3) is 0.448. The first-order valence-electron chi connectivity index (χ1n) is 12.6. The summed E-state index contributed by atoms with van der Waals surface area (Å²) in [5.74, 6) is 0. The zero-order valence-corrected chi connectivity index (χ0v) is 21.5. The molecule has 34 heavy (non-hydrogen) atoms. The van der Waals surface area contributed by atoms with Crippen molar-refractivity contribution in [3.05, 3.63) is 70.5 Å². The smallest absolute Gasteiger partial charge is 0.0805 e. The summed E-state index contributed by atoms with van der Waals surface area (Å²) >= 11 is 6.49. The summed E-state index contributed by atoms with van der Waals surface area (Å²) in [5.41, 5.74) is 8.22. The van der Waals surface area contributed by atoms with Gasteiger partial charge in [-0.25, -0.2) is 0 Å². The van der Waals surface area contributed by atoms with Crippen LogP contribution in [0.25, 0.3) is 17.0 Å². The molecule has 0 unspecified atom stereocenters. The minimum Gasteiger partial charge on any atom is -0.368 e. The van der Waals surface area contributed by atoms with Crippen LogP contribution in [0.15, 0.2) is 53.7 Å². The third-order valence-electron chi connectivity index (χ3n) is 7.00. The molecule has 0 amide bonds. The maximum atomic E-state index is 6.49. The largest absolute Gasteiger partial charge is 0.368 e. The normalized spacial score (nSPS) is 18.0. The van der Waals surface area contributed by atoms with Gasteiger partial charge in [-0.15, -0.1) is 0 Å². The molecule has 0 radical (unpaired) electrons. The highest BCUT2D eigenvalue weighted by atomic mass is 35.5. The van der Waals surface area contributed by atoms with Gasteiger partial charge in [0.15, 0.2) is 0 Å². The lowest BCUT2D eigenvalue weighted by Gasteiger charge is -2.34. The molecular formula is C29H37ClN4. The van der Waals surface area contributed by atoms with E-state index in [1.165, 1.54) is 42.5 Å². The van der Waals surface area contributed by atoms with Gasteiger partial charge < -0.3 is 9.80 Å². The molecule has 2 aromatic rings. The first kappa shape index (κ1) is 24.7. The van der Waals surface area contributed by atoms with Crippen LogP contribution in [0.3, 0.4) is 0 Å². The summed E-state index contributed by atoms with van der Waals surface area (Å²) < 4.78 is 0. The summed E-state index contributed by atoms with van der Waals surface area (Å²) in [6.45, 7) is 15.5. The van der Waals surface area contributed by atoms with Gasteiger partial charge >= 0.3 is 0 Å². The van der Waals surface area contributed by atoms with Crippen LogP contribution in [-0.2, 0) is 12.8 Å². The predicted octanol–water partition coefficient (Wildman–Crippen LogP) is 6.34. The molecule has 0 bridgehead atoms. The van der Waals surface area contributed by atoms with Crippen molar-refractivity contribution in [2.24, 2.45) is 4.99 Å². The van der Waals surface area contributed by atoms with Gasteiger partial charge in [0.25, 0.3) is 0 Å². The van der Waals surface area contributed by atoms with Crippen LogP contribution >= 0.6 is 11.6 Å². The molecule has 1 saturated heterocycles. The Balaban J connectivity index is 0.000000161. The molecular weight excluding hydrogens is 440 g/mol. The second kappa shape index (κ2) is 11.3. The lowest BCUT2D eigenvalue weighted by molar-refractivity contribution is 0.193. The van der Waals surface area contributed by atoms with Gasteiger partial charge in [0, 0.05) is 37.3 Å². The molecule has 4 nitrogen and oxygen atoms in total. The molecule has 5 heteroatoms. The SMILES string of the molecule is C=C(C1=NCC(CCC)=C1)N1CCN(C)CC1.C=Cc1ccc2c(Cl)c3c(nc2c1)CCCC3. The Kier molecular flexibility index (Phi) is 8.23. The van der Waals surface area contributed by atoms with Crippen molar-refractivity contribution in [1.82, 2.24) is 14.8 Å². The van der Waals surface area contributed by atoms with Gasteiger partial charge in [-0.1, -0.05) is 56.3 Å². The van der Waals surface area contributed by atoms with Crippen molar-refractivity contribution in [2.75, 3.05) is 39.8 Å². The number of piperazine rings is 1. The van der Waals surface area contributed by atoms with E-state index in [0.29, 0.717) is 0 Å². The van der Waals surface area contributed by atoms with Crippen LogP contribution in [0.2, 0.25) is 5.02 Å². The van der Waals surface area contributed by atoms with E-state index in [4.69, 9.17) is 16.6 Å². The molecule has 2 aliphatic heterocycles. The van der Waals surface area contributed by atoms with Crippen molar-refractivity contribution in [3.63, 3.8) is 0 Å². The molecule has 0 N–H and O–H groups in total. The summed E-state index contributed by atoms with van der Waals surface area (Å²) in [5, 5.41) is 1.97.